The zero-order valence-corrected chi connectivity index (χ0v) is 9.86. The molecule has 0 radical (unpaired) electrons. The summed E-state index contributed by atoms with van der Waals surface area (Å²) in [5, 5.41) is 11.2. The van der Waals surface area contributed by atoms with Crippen LogP contribution in [-0.4, -0.2) is 40.6 Å². The second-order valence-corrected chi connectivity index (χ2v) is 3.63. The molecule has 0 saturated heterocycles. The van der Waals surface area contributed by atoms with Crippen molar-refractivity contribution < 1.29 is 14.7 Å². The van der Waals surface area contributed by atoms with Crippen molar-refractivity contribution in [3.8, 4) is 12.3 Å². The monoisotopic (exact) mass is 226 g/mol. The van der Waals surface area contributed by atoms with Crippen LogP contribution in [0.15, 0.2) is 0 Å². The number of urea groups is 1. The maximum atomic E-state index is 11.7. The number of terminal acetylenes is 1. The summed E-state index contributed by atoms with van der Waals surface area (Å²) < 4.78 is 0. The average molecular weight is 226 g/mol. The van der Waals surface area contributed by atoms with Gasteiger partial charge in [-0.05, 0) is 20.8 Å². The fourth-order valence-corrected chi connectivity index (χ4v) is 1.29. The summed E-state index contributed by atoms with van der Waals surface area (Å²) >= 11 is 0. The first-order valence-electron chi connectivity index (χ1n) is 5.17. The molecule has 1 atom stereocenters. The number of hydrogen-bond acceptors (Lipinski definition) is 2. The lowest BCUT2D eigenvalue weighted by Gasteiger charge is -2.26. The summed E-state index contributed by atoms with van der Waals surface area (Å²) in [5.41, 5.74) is 0. The first-order chi connectivity index (χ1) is 7.43. The number of nitrogens with zero attached hydrogens (tertiary/aromatic N) is 1. The Kier molecular flexibility index (Phi) is 6.01. The summed E-state index contributed by atoms with van der Waals surface area (Å²) in [6, 6.07) is -1.41. The van der Waals surface area contributed by atoms with Crippen molar-refractivity contribution in [3.05, 3.63) is 0 Å². The summed E-state index contributed by atoms with van der Waals surface area (Å²) in [5.74, 6) is 1.11. The highest BCUT2D eigenvalue weighted by Gasteiger charge is 2.22. The van der Waals surface area contributed by atoms with E-state index in [1.54, 1.807) is 0 Å². The minimum Gasteiger partial charge on any atom is -0.480 e. The third-order valence-corrected chi connectivity index (χ3v) is 2.14. The normalized spacial score (nSPS) is 11.7. The molecule has 5 heteroatoms. The van der Waals surface area contributed by atoms with Gasteiger partial charge in [0, 0.05) is 19.0 Å². The molecule has 0 bridgehead atoms. The minimum absolute atomic E-state index is 0.0171. The van der Waals surface area contributed by atoms with Gasteiger partial charge >= 0.3 is 12.0 Å². The maximum Gasteiger partial charge on any atom is 0.327 e. The number of carbonyl (C=O) groups excluding carboxylic acids is 1. The van der Waals surface area contributed by atoms with E-state index in [0.29, 0.717) is 6.54 Å². The zero-order chi connectivity index (χ0) is 12.7. The van der Waals surface area contributed by atoms with Crippen LogP contribution >= 0.6 is 0 Å². The highest BCUT2D eigenvalue weighted by molar-refractivity contribution is 5.82. The Morgan fingerprint density at radius 2 is 2.06 bits per heavy atom. The lowest BCUT2D eigenvalue weighted by atomic mass is 10.2. The molecule has 0 aliphatic heterocycles. The molecule has 90 valence electrons. The number of amides is 2. The third kappa shape index (κ3) is 4.22. The second-order valence-electron chi connectivity index (χ2n) is 3.63. The largest absolute Gasteiger partial charge is 0.480 e. The van der Waals surface area contributed by atoms with Crippen molar-refractivity contribution >= 4 is 12.0 Å². The van der Waals surface area contributed by atoms with E-state index in [9.17, 15) is 9.59 Å². The molecule has 0 aromatic carbocycles. The van der Waals surface area contributed by atoms with Crippen LogP contribution in [0, 0.1) is 12.3 Å². The van der Waals surface area contributed by atoms with Gasteiger partial charge in [-0.3, -0.25) is 0 Å². The molecule has 0 heterocycles. The van der Waals surface area contributed by atoms with Crippen LogP contribution in [0.4, 0.5) is 4.79 Å². The predicted molar refractivity (Wildman–Crippen MR) is 60.9 cm³/mol. The Labute approximate surface area is 95.8 Å². The van der Waals surface area contributed by atoms with Gasteiger partial charge in [-0.25, -0.2) is 9.59 Å². The first-order valence-corrected chi connectivity index (χ1v) is 5.17. The lowest BCUT2D eigenvalue weighted by Crippen LogP contribution is -2.49. The standard InChI is InChI=1S/C11H18N2O3/c1-5-7-9(10(14)15)12-11(16)13(6-2)8(3)4/h1,8-9H,6-7H2,2-4H3,(H,12,16)(H,14,15). The molecule has 0 aliphatic rings. The van der Waals surface area contributed by atoms with Crippen molar-refractivity contribution in [2.75, 3.05) is 6.54 Å². The molecule has 0 spiro atoms. The fourth-order valence-electron chi connectivity index (χ4n) is 1.29. The Bertz CT molecular complexity index is 294. The molecule has 2 N–H and O–H groups in total. The van der Waals surface area contributed by atoms with Gasteiger partial charge in [0.15, 0.2) is 0 Å². The number of aliphatic carboxylic acids is 1. The molecule has 1 unspecified atom stereocenters. The second kappa shape index (κ2) is 6.72. The van der Waals surface area contributed by atoms with Crippen LogP contribution in [-0.2, 0) is 4.79 Å². The van der Waals surface area contributed by atoms with Gasteiger partial charge in [0.1, 0.15) is 6.04 Å². The number of carbonyl (C=O) groups is 2. The molecule has 5 nitrogen and oxygen atoms in total. The van der Waals surface area contributed by atoms with Gasteiger partial charge in [0.25, 0.3) is 0 Å². The molecule has 0 fully saturated rings. The number of nitrogens with one attached hydrogen (secondary N) is 1. The van der Waals surface area contributed by atoms with E-state index in [1.165, 1.54) is 4.90 Å². The summed E-state index contributed by atoms with van der Waals surface area (Å²) in [6.07, 6.45) is 5.02. The van der Waals surface area contributed by atoms with Crippen molar-refractivity contribution in [1.29, 1.82) is 0 Å². The van der Waals surface area contributed by atoms with E-state index >= 15 is 0 Å². The van der Waals surface area contributed by atoms with Gasteiger partial charge in [-0.2, -0.15) is 0 Å². The van der Waals surface area contributed by atoms with Crippen molar-refractivity contribution in [1.82, 2.24) is 10.2 Å². The topological polar surface area (TPSA) is 69.6 Å². The molecule has 0 rings (SSSR count). The van der Waals surface area contributed by atoms with Crippen LogP contribution in [0.3, 0.4) is 0 Å². The Balaban J connectivity index is 4.51. The lowest BCUT2D eigenvalue weighted by molar-refractivity contribution is -0.139. The Morgan fingerprint density at radius 3 is 2.38 bits per heavy atom. The van der Waals surface area contributed by atoms with E-state index in [2.05, 4.69) is 11.2 Å². The molecule has 0 aromatic heterocycles. The highest BCUT2D eigenvalue weighted by Crippen LogP contribution is 2.00. The van der Waals surface area contributed by atoms with Crippen molar-refractivity contribution in [2.24, 2.45) is 0 Å². The number of rotatable bonds is 5. The molecular formula is C11H18N2O3. The fraction of sp³-hybridized carbons (Fsp3) is 0.636. The maximum absolute atomic E-state index is 11.7. The smallest absolute Gasteiger partial charge is 0.327 e. The minimum atomic E-state index is -1.12. The van der Waals surface area contributed by atoms with Crippen molar-refractivity contribution in [2.45, 2.75) is 39.3 Å². The Morgan fingerprint density at radius 1 is 1.50 bits per heavy atom. The van der Waals surface area contributed by atoms with Gasteiger partial charge < -0.3 is 15.3 Å². The van der Waals surface area contributed by atoms with E-state index in [4.69, 9.17) is 11.5 Å². The van der Waals surface area contributed by atoms with Gasteiger partial charge in [0.05, 0.1) is 0 Å². The molecule has 2 amide bonds. The molecule has 0 saturated carbocycles. The molecular weight excluding hydrogens is 208 g/mol. The van der Waals surface area contributed by atoms with Crippen LogP contribution in [0.5, 0.6) is 0 Å². The molecule has 0 aliphatic carbocycles. The number of carboxylic acids is 1. The predicted octanol–water partition coefficient (Wildman–Crippen LogP) is 0.903. The van der Waals surface area contributed by atoms with Crippen LogP contribution in [0.2, 0.25) is 0 Å². The molecule has 16 heavy (non-hydrogen) atoms. The number of hydrogen-bond donors (Lipinski definition) is 2. The highest BCUT2D eigenvalue weighted by atomic mass is 16.4. The quantitative estimate of drug-likeness (QED) is 0.684. The zero-order valence-electron chi connectivity index (χ0n) is 9.86. The Hall–Kier alpha value is -1.70. The van der Waals surface area contributed by atoms with Gasteiger partial charge in [-0.15, -0.1) is 12.3 Å². The van der Waals surface area contributed by atoms with Crippen molar-refractivity contribution in [3.63, 3.8) is 0 Å². The summed E-state index contributed by atoms with van der Waals surface area (Å²) in [7, 11) is 0. The first kappa shape index (κ1) is 14.3. The summed E-state index contributed by atoms with van der Waals surface area (Å²) in [6.45, 7) is 6.07. The van der Waals surface area contributed by atoms with Gasteiger partial charge in [0.2, 0.25) is 0 Å². The van der Waals surface area contributed by atoms with E-state index in [-0.39, 0.29) is 12.5 Å². The average Bonchev–Trinajstić information content (AvgIpc) is 2.17. The van der Waals surface area contributed by atoms with E-state index in [0.717, 1.165) is 0 Å². The SMILES string of the molecule is C#CCC(NC(=O)N(CC)C(C)C)C(=O)O. The third-order valence-electron chi connectivity index (χ3n) is 2.14. The van der Waals surface area contributed by atoms with Crippen LogP contribution in [0.25, 0.3) is 0 Å². The number of carboxylic acid groups (broad SMARTS) is 1. The summed E-state index contributed by atoms with van der Waals surface area (Å²) in [4.78, 5) is 24.0. The van der Waals surface area contributed by atoms with Crippen LogP contribution < -0.4 is 5.32 Å². The van der Waals surface area contributed by atoms with Crippen LogP contribution in [0.1, 0.15) is 27.2 Å². The van der Waals surface area contributed by atoms with E-state index in [1.807, 2.05) is 20.8 Å². The van der Waals surface area contributed by atoms with Gasteiger partial charge in [-0.1, -0.05) is 0 Å². The molecule has 0 aromatic rings. The van der Waals surface area contributed by atoms with E-state index < -0.39 is 18.0 Å².